The number of carbonyl (C=O) groups is 3. The average Bonchev–Trinajstić information content (AvgIpc) is 4.17. The van der Waals surface area contributed by atoms with Gasteiger partial charge in [-0.2, -0.15) is 10.1 Å². The number of anilines is 1. The summed E-state index contributed by atoms with van der Waals surface area (Å²) >= 11 is 0. The number of nitrogens with one attached hydrogen (secondary N) is 2. The van der Waals surface area contributed by atoms with Crippen LogP contribution in [0.5, 0.6) is 11.8 Å². The summed E-state index contributed by atoms with van der Waals surface area (Å²) in [5.74, 6) is -0.0522. The van der Waals surface area contributed by atoms with E-state index >= 15 is 0 Å². The number of benzene rings is 2. The lowest BCUT2D eigenvalue weighted by molar-refractivity contribution is 0.0810. The molecule has 0 atom stereocenters. The van der Waals surface area contributed by atoms with Crippen molar-refractivity contribution in [1.82, 2.24) is 38.8 Å². The van der Waals surface area contributed by atoms with Gasteiger partial charge in [-0.15, -0.1) is 0 Å². The minimum absolute atomic E-state index is 0.0121. The van der Waals surface area contributed by atoms with Gasteiger partial charge in [0, 0.05) is 90.2 Å². The van der Waals surface area contributed by atoms with Crippen LogP contribution in [0.4, 0.5) is 20.6 Å². The molecule has 0 spiro atoms. The molecule has 0 fully saturated rings. The highest BCUT2D eigenvalue weighted by molar-refractivity contribution is 7.90. The van der Waals surface area contributed by atoms with Crippen molar-refractivity contribution in [3.8, 4) is 34.0 Å². The van der Waals surface area contributed by atoms with Gasteiger partial charge in [-0.1, -0.05) is 12.1 Å². The monoisotopic (exact) mass is 1040 g/mol. The Hall–Kier alpha value is -7.79. The number of nitrogens with zero attached hydrogens (tertiary/aromatic N) is 8. The maximum Gasteiger partial charge on any atom is 0.333 e. The highest BCUT2D eigenvalue weighted by Crippen LogP contribution is 2.42. The Balaban J connectivity index is 0.000000196. The van der Waals surface area contributed by atoms with E-state index in [2.05, 4.69) is 30.1 Å². The van der Waals surface area contributed by atoms with Crippen LogP contribution in [0.2, 0.25) is 0 Å². The number of halogens is 1. The van der Waals surface area contributed by atoms with Crippen molar-refractivity contribution in [2.24, 2.45) is 24.2 Å². The number of pyridine rings is 2. The molecular weight excluding hydrogens is 986 g/mol. The van der Waals surface area contributed by atoms with Gasteiger partial charge in [-0.05, 0) is 110 Å². The summed E-state index contributed by atoms with van der Waals surface area (Å²) in [7, 11) is 2.74. The molecule has 386 valence electrons. The number of amides is 4. The fourth-order valence-corrected chi connectivity index (χ4v) is 9.67. The van der Waals surface area contributed by atoms with Crippen LogP contribution in [0, 0.1) is 5.82 Å². The fraction of sp³-hybridized carbons (Fsp3) is 0.327. The van der Waals surface area contributed by atoms with Crippen LogP contribution < -0.4 is 24.7 Å². The molecule has 8 rings (SSSR count). The molecule has 0 saturated heterocycles. The van der Waals surface area contributed by atoms with Gasteiger partial charge in [0.15, 0.2) is 5.03 Å². The molecule has 0 saturated carbocycles. The van der Waals surface area contributed by atoms with Gasteiger partial charge in [0.1, 0.15) is 22.1 Å². The molecule has 73 heavy (non-hydrogen) atoms. The third-order valence-corrected chi connectivity index (χ3v) is 13.7. The SMILES string of the molecule is CC(C)Oc1cc(-c2cc(F)c3c(c2N=C=O)CCC3)ccn1.CN(C)C(=O)c1cc(S(N)(=O)=O)nn1C.COc1cc(-c2ccc3c(c2NC(=O)NS(=O)(=O)c2cc(C(=O)N(C)C)n(C)c2)CCC3)ccn1. The standard InChI is InChI=1S/C24H27N5O5S.C18H17FN2O2.C7H12N4O3S/c1-28(2)23(30)20-13-17(14-29(20)3)35(32,33)27-24(31)26-22-18-7-5-6-15(18)8-9-19(22)16-10-11-25-21(12-16)34-4;1-11(2)23-17-8-12(6-7-20-17)15-9-16(19)13-4-3-5-14(13)18(15)21-10-22;1-10(2)7(12)5-4-6(9-11(5)3)15(8,13)14/h8-14H,5-7H2,1-4H3,(H2,26,27,31);6-9,11H,3-5H2,1-2H3;4H,1-3H3,(H2,8,13,14). The Morgan fingerprint density at radius 2 is 1.41 bits per heavy atom. The molecule has 21 nitrogen and oxygen atoms in total. The second-order valence-electron chi connectivity index (χ2n) is 17.6. The molecule has 4 N–H and O–H groups in total. The van der Waals surface area contributed by atoms with E-state index in [9.17, 15) is 40.4 Å². The summed E-state index contributed by atoms with van der Waals surface area (Å²) in [6, 6.07) is 13.9. The summed E-state index contributed by atoms with van der Waals surface area (Å²) < 4.78 is 77.6. The number of aryl methyl sites for hydroxylation is 3. The number of isocyanates is 1. The number of aromatic nitrogens is 5. The molecule has 2 aromatic carbocycles. The first-order chi connectivity index (χ1) is 34.4. The first-order valence-corrected chi connectivity index (χ1v) is 25.7. The van der Waals surface area contributed by atoms with E-state index in [4.69, 9.17) is 14.6 Å². The maximum atomic E-state index is 14.4. The van der Waals surface area contributed by atoms with Crippen LogP contribution in [0.3, 0.4) is 0 Å². The van der Waals surface area contributed by atoms with Crippen molar-refractivity contribution in [2.75, 3.05) is 40.6 Å². The molecule has 24 heteroatoms. The second kappa shape index (κ2) is 22.7. The van der Waals surface area contributed by atoms with Crippen molar-refractivity contribution in [1.29, 1.82) is 0 Å². The molecule has 4 aromatic heterocycles. The number of nitrogens with two attached hydrogens (primary N) is 1. The molecule has 2 aliphatic rings. The van der Waals surface area contributed by atoms with Crippen LogP contribution >= 0.6 is 0 Å². The number of primary sulfonamides is 1. The van der Waals surface area contributed by atoms with E-state index in [1.165, 1.54) is 51.5 Å². The quantitative estimate of drug-likeness (QED) is 0.0982. The van der Waals surface area contributed by atoms with Crippen molar-refractivity contribution in [3.63, 3.8) is 0 Å². The number of aliphatic imine (C=N–C) groups is 1. The summed E-state index contributed by atoms with van der Waals surface area (Å²) in [5, 5.41) is 11.0. The summed E-state index contributed by atoms with van der Waals surface area (Å²) in [4.78, 5) is 62.2. The number of sulfonamides is 2. The third-order valence-electron chi connectivity index (χ3n) is 11.6. The summed E-state index contributed by atoms with van der Waals surface area (Å²) in [5.41, 5.74) is 7.79. The number of ether oxygens (including phenoxy) is 2. The molecule has 2 aliphatic carbocycles. The van der Waals surface area contributed by atoms with Gasteiger partial charge >= 0.3 is 6.03 Å². The summed E-state index contributed by atoms with van der Waals surface area (Å²) in [6.07, 6.45) is 11.0. The van der Waals surface area contributed by atoms with E-state index in [1.54, 1.807) is 78.0 Å². The van der Waals surface area contributed by atoms with Crippen molar-refractivity contribution in [3.05, 3.63) is 113 Å². The highest BCUT2D eigenvalue weighted by atomic mass is 32.2. The molecule has 6 aromatic rings. The normalized spacial score (nSPS) is 12.5. The molecule has 0 unspecified atom stereocenters. The molecule has 4 amide bonds. The van der Waals surface area contributed by atoms with Crippen LogP contribution in [0.25, 0.3) is 22.3 Å². The number of urea groups is 1. The van der Waals surface area contributed by atoms with Crippen LogP contribution in [-0.2, 0) is 64.6 Å². The number of hydrogen-bond acceptors (Lipinski definition) is 14. The number of carbonyl (C=O) groups excluding carboxylic acids is 4. The molecule has 0 bridgehead atoms. The fourth-order valence-electron chi connectivity index (χ4n) is 8.18. The van der Waals surface area contributed by atoms with Crippen LogP contribution in [0.1, 0.15) is 69.9 Å². The van der Waals surface area contributed by atoms with Gasteiger partial charge in [-0.25, -0.2) is 50.6 Å². The Labute approximate surface area is 422 Å². The number of fused-ring (bicyclic) bond motifs is 2. The molecule has 0 aliphatic heterocycles. The Kier molecular flexibility index (Phi) is 17.0. The zero-order chi connectivity index (χ0) is 53.5. The van der Waals surface area contributed by atoms with Gasteiger partial charge < -0.3 is 29.2 Å². The van der Waals surface area contributed by atoms with Gasteiger partial charge in [0.05, 0.1) is 24.6 Å². The lowest BCUT2D eigenvalue weighted by Gasteiger charge is -2.17. The van der Waals surface area contributed by atoms with Gasteiger partial charge in [-0.3, -0.25) is 14.3 Å². The van der Waals surface area contributed by atoms with E-state index < -0.39 is 26.1 Å². The predicted octanol–water partition coefficient (Wildman–Crippen LogP) is 5.70. The first-order valence-electron chi connectivity index (χ1n) is 22.6. The van der Waals surface area contributed by atoms with E-state index in [1.807, 2.05) is 26.0 Å². The predicted molar refractivity (Wildman–Crippen MR) is 269 cm³/mol. The van der Waals surface area contributed by atoms with Crippen LogP contribution in [0.15, 0.2) is 88.1 Å². The molecule has 0 radical (unpaired) electrons. The topological polar surface area (TPSA) is 272 Å². The summed E-state index contributed by atoms with van der Waals surface area (Å²) in [6.45, 7) is 3.82. The Morgan fingerprint density at radius 1 is 0.808 bits per heavy atom. The Bertz CT molecular complexity index is 3370. The van der Waals surface area contributed by atoms with Crippen molar-refractivity contribution >= 4 is 55.3 Å². The van der Waals surface area contributed by atoms with Crippen molar-refractivity contribution < 1.29 is 49.9 Å². The number of rotatable bonds is 12. The smallest absolute Gasteiger partial charge is 0.333 e. The second-order valence-corrected chi connectivity index (χ2v) is 20.7. The van der Waals surface area contributed by atoms with E-state index in [0.29, 0.717) is 40.7 Å². The highest BCUT2D eigenvalue weighted by Gasteiger charge is 2.27. The van der Waals surface area contributed by atoms with Crippen LogP contribution in [-0.4, -0.2) is 116 Å². The number of methoxy groups -OCH3 is 1. The zero-order valence-corrected chi connectivity index (χ0v) is 43.3. The average molecular weight is 1040 g/mol. The zero-order valence-electron chi connectivity index (χ0n) is 41.7. The lowest BCUT2D eigenvalue weighted by atomic mass is 9.97. The maximum absolute atomic E-state index is 14.4. The third kappa shape index (κ3) is 12.8. The van der Waals surface area contributed by atoms with Crippen molar-refractivity contribution in [2.45, 2.75) is 68.4 Å². The minimum atomic E-state index is -4.23. The minimum Gasteiger partial charge on any atom is -0.481 e. The van der Waals surface area contributed by atoms with Gasteiger partial charge in [0.2, 0.25) is 17.8 Å². The molecule has 4 heterocycles. The van der Waals surface area contributed by atoms with E-state index in [-0.39, 0.29) is 45.0 Å². The number of hydrogen-bond donors (Lipinski definition) is 3. The Morgan fingerprint density at radius 3 is 2.03 bits per heavy atom. The lowest BCUT2D eigenvalue weighted by Crippen LogP contribution is -2.34. The largest absolute Gasteiger partial charge is 0.481 e. The van der Waals surface area contributed by atoms with E-state index in [0.717, 1.165) is 71.6 Å². The molecular formula is C49H56FN11O10S2. The van der Waals surface area contributed by atoms with Gasteiger partial charge in [0.25, 0.3) is 31.9 Å². The first kappa shape index (κ1) is 54.5.